The van der Waals surface area contributed by atoms with E-state index in [0.29, 0.717) is 18.5 Å². The molecule has 1 fully saturated rings. The van der Waals surface area contributed by atoms with Crippen molar-refractivity contribution < 1.29 is 23.9 Å². The van der Waals surface area contributed by atoms with Crippen LogP contribution in [-0.4, -0.2) is 48.8 Å². The summed E-state index contributed by atoms with van der Waals surface area (Å²) in [5.41, 5.74) is 5.57. The van der Waals surface area contributed by atoms with Crippen molar-refractivity contribution in [3.05, 3.63) is 35.9 Å². The molecule has 0 aromatic heterocycles. The van der Waals surface area contributed by atoms with E-state index in [0.717, 1.165) is 0 Å². The second kappa shape index (κ2) is 10.3. The number of ketones is 1. The molecule has 30 heavy (non-hydrogen) atoms. The van der Waals surface area contributed by atoms with Crippen LogP contribution in [0.5, 0.6) is 0 Å². The summed E-state index contributed by atoms with van der Waals surface area (Å²) in [6, 6.07) is 8.15. The van der Waals surface area contributed by atoms with E-state index in [9.17, 15) is 19.2 Å². The Morgan fingerprint density at radius 2 is 1.90 bits per heavy atom. The molecule has 1 heterocycles. The minimum absolute atomic E-state index is 0.00172. The summed E-state index contributed by atoms with van der Waals surface area (Å²) < 4.78 is 5.27. The van der Waals surface area contributed by atoms with Crippen molar-refractivity contribution >= 4 is 23.5 Å². The normalized spacial score (nSPS) is 19.9. The number of rotatable bonds is 10. The summed E-state index contributed by atoms with van der Waals surface area (Å²) in [4.78, 5) is 47.8. The molecule has 8 nitrogen and oxygen atoms in total. The largest absolute Gasteiger partial charge is 0.370 e. The van der Waals surface area contributed by atoms with Crippen molar-refractivity contribution in [2.24, 2.45) is 17.1 Å². The van der Waals surface area contributed by atoms with Crippen molar-refractivity contribution in [1.82, 2.24) is 10.6 Å². The van der Waals surface area contributed by atoms with Crippen LogP contribution < -0.4 is 16.4 Å². The number of carbonyl (C=O) groups excluding carboxylic acids is 4. The lowest BCUT2D eigenvalue weighted by Crippen LogP contribution is -2.46. The smallest absolute Gasteiger partial charge is 0.251 e. The number of primary amides is 1. The lowest BCUT2D eigenvalue weighted by molar-refractivity contribution is -0.128. The Balaban J connectivity index is 1.82. The highest BCUT2D eigenvalue weighted by Crippen LogP contribution is 2.32. The minimum atomic E-state index is -0.842. The van der Waals surface area contributed by atoms with E-state index in [1.54, 1.807) is 12.1 Å². The first-order chi connectivity index (χ1) is 14.1. The van der Waals surface area contributed by atoms with Crippen molar-refractivity contribution in [2.45, 2.75) is 52.2 Å². The van der Waals surface area contributed by atoms with Crippen molar-refractivity contribution in [1.29, 1.82) is 0 Å². The summed E-state index contributed by atoms with van der Waals surface area (Å²) in [5, 5.41) is 5.60. The molecule has 0 radical (unpaired) electrons. The zero-order chi connectivity index (χ0) is 22.3. The van der Waals surface area contributed by atoms with Crippen LogP contribution in [0.1, 0.15) is 50.4 Å². The number of hydrogen-bond donors (Lipinski definition) is 3. The molecule has 3 unspecified atom stereocenters. The summed E-state index contributed by atoms with van der Waals surface area (Å²) >= 11 is 0. The Hall–Kier alpha value is -2.74. The fourth-order valence-corrected chi connectivity index (χ4v) is 3.35. The molecule has 1 aromatic carbocycles. The molecule has 3 amide bonds. The fraction of sp³-hybridized carbons (Fsp3) is 0.545. The topological polar surface area (TPSA) is 128 Å². The number of amides is 3. The molecule has 8 heteroatoms. The third kappa shape index (κ3) is 6.66. The minimum Gasteiger partial charge on any atom is -0.370 e. The molecular weight excluding hydrogens is 386 g/mol. The Labute approximate surface area is 176 Å². The van der Waals surface area contributed by atoms with Crippen LogP contribution in [0.2, 0.25) is 0 Å². The number of nitrogens with two attached hydrogens (primary N) is 1. The summed E-state index contributed by atoms with van der Waals surface area (Å²) in [7, 11) is 0. The first-order valence-electron chi connectivity index (χ1n) is 10.2. The van der Waals surface area contributed by atoms with Crippen LogP contribution in [-0.2, 0) is 19.1 Å². The molecule has 0 spiro atoms. The second-order valence-corrected chi connectivity index (χ2v) is 8.50. The average molecular weight is 418 g/mol. The predicted octanol–water partition coefficient (Wildman–Crippen LogP) is 1.19. The van der Waals surface area contributed by atoms with Gasteiger partial charge in [-0.05, 0) is 29.9 Å². The fourth-order valence-electron chi connectivity index (χ4n) is 3.35. The van der Waals surface area contributed by atoms with Crippen LogP contribution in [0, 0.1) is 11.3 Å². The van der Waals surface area contributed by atoms with Crippen LogP contribution in [0.15, 0.2) is 30.3 Å². The Kier molecular flexibility index (Phi) is 8.11. The lowest BCUT2D eigenvalue weighted by atomic mass is 9.75. The Morgan fingerprint density at radius 1 is 1.23 bits per heavy atom. The summed E-state index contributed by atoms with van der Waals surface area (Å²) in [6.45, 7) is 6.40. The summed E-state index contributed by atoms with van der Waals surface area (Å²) in [6.07, 6.45) is 0.0805. The van der Waals surface area contributed by atoms with Gasteiger partial charge in [0.1, 0.15) is 12.6 Å². The predicted molar refractivity (Wildman–Crippen MR) is 111 cm³/mol. The molecule has 2 rings (SSSR count). The number of Topliss-reactive ketones (excluding diaryl/α,β-unsaturated/α-hetero) is 1. The molecule has 1 saturated heterocycles. The molecule has 1 aliphatic heterocycles. The van der Waals surface area contributed by atoms with Gasteiger partial charge in [-0.2, -0.15) is 0 Å². The SMILES string of the molecule is CC(CC(=O)NC1C(=O)COC1CC(N)=O)C(C)(C)CCNC(=O)c1ccccc1. The third-order valence-corrected chi connectivity index (χ3v) is 5.79. The number of hydrogen-bond acceptors (Lipinski definition) is 5. The van der Waals surface area contributed by atoms with Gasteiger partial charge < -0.3 is 21.1 Å². The van der Waals surface area contributed by atoms with E-state index >= 15 is 0 Å². The molecular formula is C22H31N3O5. The number of carbonyl (C=O) groups is 4. The molecule has 164 valence electrons. The molecule has 0 saturated carbocycles. The molecule has 0 aliphatic carbocycles. The first kappa shape index (κ1) is 23.5. The van der Waals surface area contributed by atoms with Gasteiger partial charge in [-0.1, -0.05) is 39.0 Å². The van der Waals surface area contributed by atoms with Crippen LogP contribution in [0.4, 0.5) is 0 Å². The zero-order valence-electron chi connectivity index (χ0n) is 17.8. The molecule has 1 aromatic rings. The van der Waals surface area contributed by atoms with Crippen LogP contribution in [0.25, 0.3) is 0 Å². The molecule has 3 atom stereocenters. The van der Waals surface area contributed by atoms with Gasteiger partial charge in [-0.3, -0.25) is 19.2 Å². The highest BCUT2D eigenvalue weighted by molar-refractivity contribution is 5.94. The Bertz CT molecular complexity index is 778. The van der Waals surface area contributed by atoms with Gasteiger partial charge in [-0.25, -0.2) is 0 Å². The van der Waals surface area contributed by atoms with Crippen molar-refractivity contribution in [2.75, 3.05) is 13.2 Å². The number of benzene rings is 1. The zero-order valence-corrected chi connectivity index (χ0v) is 17.8. The standard InChI is InChI=1S/C22H31N3O5/c1-14(11-19(28)25-20-16(26)13-30-17(20)12-18(23)27)22(2,3)9-10-24-21(29)15-7-5-4-6-8-15/h4-8,14,17,20H,9-13H2,1-3H3,(H2,23,27)(H,24,29)(H,25,28). The van der Waals surface area contributed by atoms with E-state index in [1.807, 2.05) is 39.0 Å². The van der Waals surface area contributed by atoms with Crippen LogP contribution >= 0.6 is 0 Å². The van der Waals surface area contributed by atoms with Crippen molar-refractivity contribution in [3.8, 4) is 0 Å². The number of ether oxygens (including phenoxy) is 1. The van der Waals surface area contributed by atoms with E-state index in [-0.39, 0.29) is 48.4 Å². The van der Waals surface area contributed by atoms with E-state index in [2.05, 4.69) is 10.6 Å². The van der Waals surface area contributed by atoms with Gasteiger partial charge in [0.05, 0.1) is 12.5 Å². The maximum Gasteiger partial charge on any atom is 0.251 e. The second-order valence-electron chi connectivity index (χ2n) is 8.50. The first-order valence-corrected chi connectivity index (χ1v) is 10.2. The average Bonchev–Trinajstić information content (AvgIpc) is 3.01. The van der Waals surface area contributed by atoms with Crippen molar-refractivity contribution in [3.63, 3.8) is 0 Å². The summed E-state index contributed by atoms with van der Waals surface area (Å²) in [5.74, 6) is -1.25. The maximum absolute atomic E-state index is 12.5. The van der Waals surface area contributed by atoms with Gasteiger partial charge in [-0.15, -0.1) is 0 Å². The van der Waals surface area contributed by atoms with E-state index < -0.39 is 18.1 Å². The molecule has 0 bridgehead atoms. The quantitative estimate of drug-likeness (QED) is 0.527. The van der Waals surface area contributed by atoms with Crippen LogP contribution in [0.3, 0.4) is 0 Å². The van der Waals surface area contributed by atoms with E-state index in [4.69, 9.17) is 10.5 Å². The van der Waals surface area contributed by atoms with E-state index in [1.165, 1.54) is 0 Å². The molecule has 1 aliphatic rings. The van der Waals surface area contributed by atoms with Gasteiger partial charge >= 0.3 is 0 Å². The lowest BCUT2D eigenvalue weighted by Gasteiger charge is -2.32. The van der Waals surface area contributed by atoms with Gasteiger partial charge in [0.2, 0.25) is 11.8 Å². The monoisotopic (exact) mass is 417 g/mol. The van der Waals surface area contributed by atoms with Gasteiger partial charge in [0.25, 0.3) is 5.91 Å². The third-order valence-electron chi connectivity index (χ3n) is 5.79. The maximum atomic E-state index is 12.5. The van der Waals surface area contributed by atoms with Gasteiger partial charge in [0, 0.05) is 18.5 Å². The molecule has 4 N–H and O–H groups in total. The number of nitrogens with one attached hydrogen (secondary N) is 2. The highest BCUT2D eigenvalue weighted by Gasteiger charge is 2.38. The highest BCUT2D eigenvalue weighted by atomic mass is 16.5. The van der Waals surface area contributed by atoms with Gasteiger partial charge in [0.15, 0.2) is 5.78 Å². The Morgan fingerprint density at radius 3 is 2.53 bits per heavy atom.